The monoisotopic (exact) mass is 332 g/mol. The summed E-state index contributed by atoms with van der Waals surface area (Å²) in [6.45, 7) is 6.01. The van der Waals surface area contributed by atoms with Crippen molar-refractivity contribution in [2.75, 3.05) is 11.1 Å². The van der Waals surface area contributed by atoms with Gasteiger partial charge in [0.05, 0.1) is 11.4 Å². The number of aromatic nitrogens is 1. The van der Waals surface area contributed by atoms with Crippen LogP contribution in [0.25, 0.3) is 0 Å². The van der Waals surface area contributed by atoms with Crippen molar-refractivity contribution in [3.63, 3.8) is 0 Å². The molecule has 1 heterocycles. The molecule has 5 heteroatoms. The number of aryl methyl sites for hydroxylation is 3. The standard InChI is InChI=1S/C18H24N2O2S/c1-4-5-6-15-7-9-16(10-8-15)19-18(21)12-23-11-17-13(2)20-22-14(17)3/h7-10H,4-6,11-12H2,1-3H3,(H,19,21). The fourth-order valence-corrected chi connectivity index (χ4v) is 3.26. The molecule has 0 saturated heterocycles. The van der Waals surface area contributed by atoms with Crippen LogP contribution in [0.5, 0.6) is 0 Å². The molecule has 0 aliphatic rings. The van der Waals surface area contributed by atoms with E-state index in [1.54, 1.807) is 11.8 Å². The maximum Gasteiger partial charge on any atom is 0.234 e. The highest BCUT2D eigenvalue weighted by atomic mass is 32.2. The number of amides is 1. The molecule has 1 N–H and O–H groups in total. The highest BCUT2D eigenvalue weighted by Crippen LogP contribution is 2.19. The van der Waals surface area contributed by atoms with Crippen molar-refractivity contribution in [2.45, 2.75) is 45.8 Å². The maximum absolute atomic E-state index is 12.0. The summed E-state index contributed by atoms with van der Waals surface area (Å²) in [6, 6.07) is 8.12. The van der Waals surface area contributed by atoms with E-state index in [9.17, 15) is 4.79 Å². The second-order valence-electron chi connectivity index (χ2n) is 5.64. The van der Waals surface area contributed by atoms with E-state index in [0.717, 1.165) is 34.9 Å². The maximum atomic E-state index is 12.0. The smallest absolute Gasteiger partial charge is 0.234 e. The summed E-state index contributed by atoms with van der Waals surface area (Å²) in [5.74, 6) is 2.01. The first-order valence-electron chi connectivity index (χ1n) is 7.98. The molecule has 1 aromatic heterocycles. The van der Waals surface area contributed by atoms with E-state index in [1.165, 1.54) is 18.4 Å². The Kier molecular flexibility index (Phi) is 6.71. The van der Waals surface area contributed by atoms with Gasteiger partial charge in [0.2, 0.25) is 5.91 Å². The van der Waals surface area contributed by atoms with Gasteiger partial charge >= 0.3 is 0 Å². The van der Waals surface area contributed by atoms with E-state index in [4.69, 9.17) is 4.52 Å². The summed E-state index contributed by atoms with van der Waals surface area (Å²) < 4.78 is 5.12. The average Bonchev–Trinajstić information content (AvgIpc) is 2.86. The Labute approximate surface area is 142 Å². The van der Waals surface area contributed by atoms with Gasteiger partial charge in [0, 0.05) is 17.0 Å². The summed E-state index contributed by atoms with van der Waals surface area (Å²) in [4.78, 5) is 12.0. The van der Waals surface area contributed by atoms with Crippen molar-refractivity contribution in [3.05, 3.63) is 46.8 Å². The molecule has 0 aliphatic heterocycles. The molecular formula is C18H24N2O2S. The highest BCUT2D eigenvalue weighted by molar-refractivity contribution is 7.99. The average molecular weight is 332 g/mol. The lowest BCUT2D eigenvalue weighted by Gasteiger charge is -2.06. The second-order valence-corrected chi connectivity index (χ2v) is 6.63. The van der Waals surface area contributed by atoms with Gasteiger partial charge in [0.25, 0.3) is 0 Å². The Hall–Kier alpha value is -1.75. The topological polar surface area (TPSA) is 55.1 Å². The van der Waals surface area contributed by atoms with Gasteiger partial charge in [0.1, 0.15) is 5.76 Å². The van der Waals surface area contributed by atoms with Crippen LogP contribution in [0.3, 0.4) is 0 Å². The summed E-state index contributed by atoms with van der Waals surface area (Å²) in [7, 11) is 0. The second kappa shape index (κ2) is 8.77. The van der Waals surface area contributed by atoms with Crippen LogP contribution >= 0.6 is 11.8 Å². The van der Waals surface area contributed by atoms with Crippen molar-refractivity contribution in [1.82, 2.24) is 5.16 Å². The normalized spacial score (nSPS) is 10.7. The number of unbranched alkanes of at least 4 members (excludes halogenated alkanes) is 1. The van der Waals surface area contributed by atoms with Gasteiger partial charge in [0.15, 0.2) is 0 Å². The first-order valence-corrected chi connectivity index (χ1v) is 9.14. The molecule has 0 fully saturated rings. The van der Waals surface area contributed by atoms with Crippen molar-refractivity contribution < 1.29 is 9.32 Å². The molecule has 1 amide bonds. The largest absolute Gasteiger partial charge is 0.361 e. The molecule has 0 atom stereocenters. The van der Waals surface area contributed by atoms with Gasteiger partial charge in [-0.15, -0.1) is 11.8 Å². The molecule has 2 aromatic rings. The van der Waals surface area contributed by atoms with Gasteiger partial charge in [-0.2, -0.15) is 0 Å². The van der Waals surface area contributed by atoms with Crippen LogP contribution in [0.1, 0.15) is 42.3 Å². The third-order valence-electron chi connectivity index (χ3n) is 3.72. The minimum Gasteiger partial charge on any atom is -0.361 e. The minimum atomic E-state index is 0.0167. The van der Waals surface area contributed by atoms with Crippen LogP contribution in [0.15, 0.2) is 28.8 Å². The van der Waals surface area contributed by atoms with E-state index >= 15 is 0 Å². The molecule has 0 spiro atoms. The number of hydrogen-bond acceptors (Lipinski definition) is 4. The van der Waals surface area contributed by atoms with Gasteiger partial charge < -0.3 is 9.84 Å². The number of benzene rings is 1. The van der Waals surface area contributed by atoms with E-state index in [2.05, 4.69) is 29.5 Å². The summed E-state index contributed by atoms with van der Waals surface area (Å²) >= 11 is 1.57. The van der Waals surface area contributed by atoms with Crippen LogP contribution in [0, 0.1) is 13.8 Å². The lowest BCUT2D eigenvalue weighted by atomic mass is 10.1. The third kappa shape index (κ3) is 5.43. The van der Waals surface area contributed by atoms with E-state index in [0.29, 0.717) is 5.75 Å². The van der Waals surface area contributed by atoms with Gasteiger partial charge in [-0.25, -0.2) is 0 Å². The van der Waals surface area contributed by atoms with Crippen molar-refractivity contribution in [2.24, 2.45) is 0 Å². The van der Waals surface area contributed by atoms with Crippen molar-refractivity contribution in [3.8, 4) is 0 Å². The Morgan fingerprint density at radius 2 is 2.00 bits per heavy atom. The zero-order valence-corrected chi connectivity index (χ0v) is 14.8. The van der Waals surface area contributed by atoms with Crippen molar-refractivity contribution in [1.29, 1.82) is 0 Å². The van der Waals surface area contributed by atoms with Crippen LogP contribution in [-0.4, -0.2) is 16.8 Å². The molecule has 0 aliphatic carbocycles. The molecule has 23 heavy (non-hydrogen) atoms. The van der Waals surface area contributed by atoms with E-state index < -0.39 is 0 Å². The first kappa shape index (κ1) is 17.6. The number of hydrogen-bond donors (Lipinski definition) is 1. The summed E-state index contributed by atoms with van der Waals surface area (Å²) in [6.07, 6.45) is 3.49. The fourth-order valence-electron chi connectivity index (χ4n) is 2.29. The van der Waals surface area contributed by atoms with Crippen LogP contribution < -0.4 is 5.32 Å². The molecule has 0 bridgehead atoms. The Morgan fingerprint density at radius 1 is 1.26 bits per heavy atom. The third-order valence-corrected chi connectivity index (χ3v) is 4.68. The van der Waals surface area contributed by atoms with Crippen LogP contribution in [0.4, 0.5) is 5.69 Å². The Bertz CT molecular complexity index is 615. The van der Waals surface area contributed by atoms with E-state index in [-0.39, 0.29) is 5.91 Å². The number of carbonyl (C=O) groups is 1. The minimum absolute atomic E-state index is 0.0167. The predicted octanol–water partition coefficient (Wildman–Crippen LogP) is 4.51. The number of nitrogens with zero attached hydrogens (tertiary/aromatic N) is 1. The van der Waals surface area contributed by atoms with Crippen molar-refractivity contribution >= 4 is 23.4 Å². The Morgan fingerprint density at radius 3 is 2.61 bits per heavy atom. The molecule has 124 valence electrons. The number of anilines is 1. The number of rotatable bonds is 8. The number of thioether (sulfide) groups is 1. The highest BCUT2D eigenvalue weighted by Gasteiger charge is 2.10. The predicted molar refractivity (Wildman–Crippen MR) is 95.8 cm³/mol. The summed E-state index contributed by atoms with van der Waals surface area (Å²) in [5, 5.41) is 6.86. The molecular weight excluding hydrogens is 308 g/mol. The molecule has 2 rings (SSSR count). The quantitative estimate of drug-likeness (QED) is 0.773. The molecule has 1 aromatic carbocycles. The Balaban J connectivity index is 1.76. The first-order chi connectivity index (χ1) is 11.1. The number of nitrogens with one attached hydrogen (secondary N) is 1. The zero-order valence-electron chi connectivity index (χ0n) is 14.0. The molecule has 0 unspecified atom stereocenters. The molecule has 0 saturated carbocycles. The SMILES string of the molecule is CCCCc1ccc(NC(=O)CSCc2c(C)noc2C)cc1. The van der Waals surface area contributed by atoms with Crippen LogP contribution in [-0.2, 0) is 17.0 Å². The fraction of sp³-hybridized carbons (Fsp3) is 0.444. The lowest BCUT2D eigenvalue weighted by molar-refractivity contribution is -0.113. The lowest BCUT2D eigenvalue weighted by Crippen LogP contribution is -2.14. The number of carbonyl (C=O) groups excluding carboxylic acids is 1. The molecule has 4 nitrogen and oxygen atoms in total. The van der Waals surface area contributed by atoms with Gasteiger partial charge in [-0.05, 0) is 44.4 Å². The molecule has 0 radical (unpaired) electrons. The van der Waals surface area contributed by atoms with Gasteiger partial charge in [-0.1, -0.05) is 30.6 Å². The summed E-state index contributed by atoms with van der Waals surface area (Å²) in [5.41, 5.74) is 4.16. The van der Waals surface area contributed by atoms with Gasteiger partial charge in [-0.3, -0.25) is 4.79 Å². The van der Waals surface area contributed by atoms with Crippen LogP contribution in [0.2, 0.25) is 0 Å². The van der Waals surface area contributed by atoms with E-state index in [1.807, 2.05) is 26.0 Å². The zero-order chi connectivity index (χ0) is 16.7.